The third-order valence-corrected chi connectivity index (χ3v) is 6.31. The zero-order chi connectivity index (χ0) is 23.2. The van der Waals surface area contributed by atoms with Gasteiger partial charge in [0.1, 0.15) is 5.82 Å². The number of amides is 1. The van der Waals surface area contributed by atoms with Gasteiger partial charge in [-0.1, -0.05) is 53.4 Å². The molecule has 1 amide bonds. The first kappa shape index (κ1) is 22.6. The van der Waals surface area contributed by atoms with Crippen LogP contribution in [0.1, 0.15) is 27.8 Å². The molecule has 1 N–H and O–H groups in total. The zero-order valence-electron chi connectivity index (χ0n) is 17.4. The maximum atomic E-state index is 13.2. The van der Waals surface area contributed by atoms with Crippen molar-refractivity contribution in [2.24, 2.45) is 0 Å². The zero-order valence-corrected chi connectivity index (χ0v) is 19.0. The minimum Gasteiger partial charge on any atom is -0.490 e. The molecule has 0 aliphatic rings. The highest BCUT2D eigenvalue weighted by Gasteiger charge is 2.21. The number of Topliss-reactive ketones (excluding diaryl/α,β-unsaturated/α-hetero) is 1. The lowest BCUT2D eigenvalue weighted by molar-refractivity contribution is 0.101. The van der Waals surface area contributed by atoms with Gasteiger partial charge in [0.05, 0.1) is 24.2 Å². The average Bonchev–Trinajstić information content (AvgIpc) is 3.46. The van der Waals surface area contributed by atoms with Crippen molar-refractivity contribution >= 4 is 39.9 Å². The Balaban J connectivity index is 1.43. The normalized spacial score (nSPS) is 10.7. The van der Waals surface area contributed by atoms with Crippen molar-refractivity contribution in [2.45, 2.75) is 11.3 Å². The van der Waals surface area contributed by atoms with Crippen molar-refractivity contribution in [1.29, 1.82) is 0 Å². The van der Waals surface area contributed by atoms with Gasteiger partial charge in [-0.3, -0.25) is 14.9 Å². The number of halogens is 1. The minimum atomic E-state index is -0.521. The highest BCUT2D eigenvalue weighted by Crippen LogP contribution is 2.27. The smallest absolute Gasteiger partial charge is 0.281 e. The molecule has 4 rings (SSSR count). The molecule has 8 nitrogen and oxygen atoms in total. The Bertz CT molecular complexity index is 1260. The van der Waals surface area contributed by atoms with Crippen molar-refractivity contribution in [1.82, 2.24) is 20.0 Å². The number of carbonyl (C=O) groups is 2. The van der Waals surface area contributed by atoms with E-state index in [2.05, 4.69) is 20.6 Å². The van der Waals surface area contributed by atoms with E-state index in [0.29, 0.717) is 22.2 Å². The van der Waals surface area contributed by atoms with Gasteiger partial charge in [0.2, 0.25) is 5.13 Å². The summed E-state index contributed by atoms with van der Waals surface area (Å²) in [5.74, 6) is -0.416. The summed E-state index contributed by atoms with van der Waals surface area (Å²) in [6.07, 6.45) is 1.56. The highest BCUT2D eigenvalue weighted by molar-refractivity contribution is 8.01. The fraction of sp³-hybridized carbons (Fsp3) is 0.136. The van der Waals surface area contributed by atoms with E-state index in [4.69, 9.17) is 4.74 Å². The largest absolute Gasteiger partial charge is 0.490 e. The van der Waals surface area contributed by atoms with Crippen LogP contribution < -0.4 is 10.1 Å². The summed E-state index contributed by atoms with van der Waals surface area (Å²) in [4.78, 5) is 25.1. The van der Waals surface area contributed by atoms with E-state index in [1.807, 2.05) is 18.2 Å². The van der Waals surface area contributed by atoms with E-state index in [0.717, 1.165) is 11.3 Å². The van der Waals surface area contributed by atoms with Gasteiger partial charge < -0.3 is 4.74 Å². The number of carbonyl (C=O) groups excluding carboxylic acids is 2. The van der Waals surface area contributed by atoms with E-state index >= 15 is 0 Å². The monoisotopic (exact) mass is 483 g/mol. The first-order valence-electron chi connectivity index (χ1n) is 9.88. The van der Waals surface area contributed by atoms with Crippen molar-refractivity contribution in [3.63, 3.8) is 0 Å². The van der Waals surface area contributed by atoms with E-state index in [1.165, 1.54) is 28.6 Å². The number of hydrogen-bond acceptors (Lipinski definition) is 8. The van der Waals surface area contributed by atoms with E-state index in [9.17, 15) is 14.0 Å². The number of ketones is 1. The molecule has 168 valence electrons. The Morgan fingerprint density at radius 3 is 2.61 bits per heavy atom. The highest BCUT2D eigenvalue weighted by atomic mass is 32.2. The maximum absolute atomic E-state index is 13.2. The molecule has 0 unspecified atom stereocenters. The molecule has 0 bridgehead atoms. The molecule has 11 heteroatoms. The molecule has 4 aromatic rings. The quantitative estimate of drug-likeness (QED) is 0.213. The number of nitrogens with one attached hydrogen (secondary N) is 1. The van der Waals surface area contributed by atoms with E-state index < -0.39 is 5.91 Å². The SMILES string of the molecule is CCOc1cn(-c2ccc(F)cc2)nc1C(=O)Nc1nnc(SCC(=O)c2ccccc2)s1. The summed E-state index contributed by atoms with van der Waals surface area (Å²) in [5, 5.41) is 15.2. The second kappa shape index (κ2) is 10.4. The predicted molar refractivity (Wildman–Crippen MR) is 124 cm³/mol. The van der Waals surface area contributed by atoms with Crippen LogP contribution in [0.25, 0.3) is 5.69 Å². The van der Waals surface area contributed by atoms with Crippen LogP contribution >= 0.6 is 23.1 Å². The molecule has 0 aliphatic carbocycles. The second-order valence-corrected chi connectivity index (χ2v) is 8.80. The summed E-state index contributed by atoms with van der Waals surface area (Å²) in [5.41, 5.74) is 1.27. The summed E-state index contributed by atoms with van der Waals surface area (Å²) in [6, 6.07) is 14.7. The number of anilines is 1. The van der Waals surface area contributed by atoms with Crippen LogP contribution in [0.3, 0.4) is 0 Å². The third kappa shape index (κ3) is 5.62. The predicted octanol–water partition coefficient (Wildman–Crippen LogP) is 4.49. The average molecular weight is 484 g/mol. The summed E-state index contributed by atoms with van der Waals surface area (Å²) in [6.45, 7) is 2.13. The lowest BCUT2D eigenvalue weighted by atomic mass is 10.2. The number of ether oxygens (including phenoxy) is 1. The summed E-state index contributed by atoms with van der Waals surface area (Å²) < 4.78 is 20.7. The van der Waals surface area contributed by atoms with Crippen LogP contribution in [0.2, 0.25) is 0 Å². The summed E-state index contributed by atoms with van der Waals surface area (Å²) >= 11 is 2.41. The van der Waals surface area contributed by atoms with Gasteiger partial charge >= 0.3 is 0 Å². The van der Waals surface area contributed by atoms with Gasteiger partial charge in [-0.05, 0) is 31.2 Å². The molecule has 0 fully saturated rings. The molecular formula is C22H18FN5O3S2. The third-order valence-electron chi connectivity index (χ3n) is 4.34. The van der Waals surface area contributed by atoms with Crippen molar-refractivity contribution in [3.8, 4) is 11.4 Å². The molecule has 0 saturated carbocycles. The molecule has 0 aliphatic heterocycles. The van der Waals surface area contributed by atoms with Crippen LogP contribution in [0, 0.1) is 5.82 Å². The van der Waals surface area contributed by atoms with Crippen LogP contribution in [0.15, 0.2) is 65.1 Å². The van der Waals surface area contributed by atoms with Crippen LogP contribution in [0.4, 0.5) is 9.52 Å². The Labute approximate surface area is 196 Å². The number of thioether (sulfide) groups is 1. The van der Waals surface area contributed by atoms with Gasteiger partial charge in [-0.2, -0.15) is 5.10 Å². The maximum Gasteiger partial charge on any atom is 0.281 e. The number of benzene rings is 2. The van der Waals surface area contributed by atoms with Gasteiger partial charge in [-0.15, -0.1) is 10.2 Å². The van der Waals surface area contributed by atoms with Crippen LogP contribution in [-0.2, 0) is 0 Å². The van der Waals surface area contributed by atoms with Gasteiger partial charge in [-0.25, -0.2) is 9.07 Å². The number of nitrogens with zero attached hydrogens (tertiary/aromatic N) is 4. The molecule has 0 saturated heterocycles. The topological polar surface area (TPSA) is 99.0 Å². The lowest BCUT2D eigenvalue weighted by Gasteiger charge is -2.02. The molecule has 0 radical (unpaired) electrons. The van der Waals surface area contributed by atoms with Crippen molar-refractivity contribution in [3.05, 3.63) is 77.9 Å². The first-order chi connectivity index (χ1) is 16.0. The van der Waals surface area contributed by atoms with Crippen molar-refractivity contribution in [2.75, 3.05) is 17.7 Å². The lowest BCUT2D eigenvalue weighted by Crippen LogP contribution is -2.14. The van der Waals surface area contributed by atoms with Crippen LogP contribution in [0.5, 0.6) is 5.75 Å². The molecule has 0 spiro atoms. The Kier molecular flexibility index (Phi) is 7.10. The molecule has 33 heavy (non-hydrogen) atoms. The molecular weight excluding hydrogens is 465 g/mol. The Hall–Kier alpha value is -3.57. The van der Waals surface area contributed by atoms with Crippen molar-refractivity contribution < 1.29 is 18.7 Å². The minimum absolute atomic E-state index is 0.0194. The van der Waals surface area contributed by atoms with Gasteiger partial charge in [0.25, 0.3) is 5.91 Å². The van der Waals surface area contributed by atoms with Crippen LogP contribution in [-0.4, -0.2) is 44.0 Å². The molecule has 2 aromatic heterocycles. The molecule has 2 aromatic carbocycles. The Morgan fingerprint density at radius 2 is 1.88 bits per heavy atom. The fourth-order valence-electron chi connectivity index (χ4n) is 2.81. The standard InChI is InChI=1S/C22H18FN5O3S2/c1-2-31-18-12-28(16-10-8-15(23)9-11-16)27-19(18)20(30)24-21-25-26-22(33-21)32-13-17(29)14-6-4-3-5-7-14/h3-12H,2,13H2,1H3,(H,24,25,30). The number of rotatable bonds is 9. The van der Waals surface area contributed by atoms with Gasteiger partial charge in [0, 0.05) is 5.56 Å². The molecule has 0 atom stereocenters. The molecule has 2 heterocycles. The number of hydrogen-bond donors (Lipinski definition) is 1. The summed E-state index contributed by atoms with van der Waals surface area (Å²) in [7, 11) is 0. The second-order valence-electron chi connectivity index (χ2n) is 6.60. The number of aromatic nitrogens is 4. The van der Waals surface area contributed by atoms with E-state index in [1.54, 1.807) is 37.4 Å². The Morgan fingerprint density at radius 1 is 1.12 bits per heavy atom. The van der Waals surface area contributed by atoms with Gasteiger partial charge in [0.15, 0.2) is 21.6 Å². The van der Waals surface area contributed by atoms with E-state index in [-0.39, 0.29) is 33.9 Å². The first-order valence-corrected chi connectivity index (χ1v) is 11.7. The fourth-order valence-corrected chi connectivity index (χ4v) is 4.45.